The molecule has 0 amide bonds. The zero-order valence-electron chi connectivity index (χ0n) is 21.9. The Balaban J connectivity index is 1.73. The van der Waals surface area contributed by atoms with E-state index in [1.807, 2.05) is 6.92 Å². The summed E-state index contributed by atoms with van der Waals surface area (Å²) in [6.45, 7) is 9.30. The molecule has 0 unspecified atom stereocenters. The summed E-state index contributed by atoms with van der Waals surface area (Å²) in [5.41, 5.74) is 0.623. The fourth-order valence-corrected chi connectivity index (χ4v) is 7.09. The van der Waals surface area contributed by atoms with Gasteiger partial charge in [0.1, 0.15) is 11.5 Å². The number of hydrogen-bond donors (Lipinski definition) is 2. The highest BCUT2D eigenvalue weighted by Crippen LogP contribution is 2.40. The monoisotopic (exact) mass is 567 g/mol. The average molecular weight is 568 g/mol. The van der Waals surface area contributed by atoms with Crippen LogP contribution in [0.4, 0.5) is 14.5 Å². The fraction of sp³-hybridized carbons (Fsp3) is 0.583. The molecule has 206 valence electrons. The number of nitrogens with one attached hydrogen (secondary N) is 2. The van der Waals surface area contributed by atoms with Crippen LogP contribution in [0.2, 0.25) is 0 Å². The second-order valence-electron chi connectivity index (χ2n) is 10.9. The molecule has 2 fully saturated rings. The Morgan fingerprint density at radius 3 is 2.61 bits per heavy atom. The lowest BCUT2D eigenvalue weighted by Crippen LogP contribution is -2.63. The van der Waals surface area contributed by atoms with Gasteiger partial charge >= 0.3 is 0 Å². The van der Waals surface area contributed by atoms with Crippen molar-refractivity contribution >= 4 is 38.0 Å². The number of sulfonamides is 1. The van der Waals surface area contributed by atoms with Gasteiger partial charge in [-0.05, 0) is 52.7 Å². The van der Waals surface area contributed by atoms with Gasteiger partial charge in [-0.25, -0.2) is 31.9 Å². The molecule has 14 heteroatoms. The number of anilines is 1. The van der Waals surface area contributed by atoms with Crippen LogP contribution in [-0.4, -0.2) is 72.5 Å². The molecule has 1 aliphatic carbocycles. The third-order valence-electron chi connectivity index (χ3n) is 6.72. The summed E-state index contributed by atoms with van der Waals surface area (Å²) in [5, 5.41) is 11.3. The molecular weight excluding hydrogens is 536 g/mol. The van der Waals surface area contributed by atoms with E-state index in [1.165, 1.54) is 6.07 Å². The van der Waals surface area contributed by atoms with Gasteiger partial charge in [0, 0.05) is 42.7 Å². The number of alkyl halides is 2. The highest BCUT2D eigenvalue weighted by Gasteiger charge is 2.42. The minimum Gasteiger partial charge on any atom is -0.383 e. The Labute approximate surface area is 224 Å². The number of rotatable bonds is 8. The molecule has 1 saturated carbocycles. The Hall–Kier alpha value is -2.39. The molecule has 0 bridgehead atoms. The van der Waals surface area contributed by atoms with Gasteiger partial charge in [0.2, 0.25) is 10.0 Å². The summed E-state index contributed by atoms with van der Waals surface area (Å²) in [5.74, 6) is 0.407. The molecule has 5 rings (SSSR count). The third-order valence-corrected chi connectivity index (χ3v) is 9.27. The van der Waals surface area contributed by atoms with Crippen LogP contribution in [0, 0.1) is 6.92 Å². The zero-order valence-corrected chi connectivity index (χ0v) is 23.5. The highest BCUT2D eigenvalue weighted by atomic mass is 32.2. The van der Waals surface area contributed by atoms with Gasteiger partial charge in [-0.15, -0.1) is 10.2 Å². The molecule has 10 nitrogen and oxygen atoms in total. The number of benzene rings is 1. The van der Waals surface area contributed by atoms with Gasteiger partial charge in [-0.1, -0.05) is 11.3 Å². The highest BCUT2D eigenvalue weighted by molar-refractivity contribution is 7.89. The topological polar surface area (TPSA) is 122 Å². The predicted octanol–water partition coefficient (Wildman–Crippen LogP) is 3.43. The molecule has 1 atom stereocenters. The number of aryl methyl sites for hydroxylation is 1. The van der Waals surface area contributed by atoms with Crippen LogP contribution in [0.25, 0.3) is 21.6 Å². The maximum Gasteiger partial charge on any atom is 0.291 e. The van der Waals surface area contributed by atoms with Gasteiger partial charge < -0.3 is 15.0 Å². The molecule has 0 spiro atoms. The summed E-state index contributed by atoms with van der Waals surface area (Å²) in [6, 6.07) is 3.13. The Bertz CT molecular complexity index is 1480. The van der Waals surface area contributed by atoms with Gasteiger partial charge in [0.05, 0.1) is 22.7 Å². The van der Waals surface area contributed by atoms with E-state index in [0.717, 1.165) is 24.2 Å². The van der Waals surface area contributed by atoms with Crippen LogP contribution < -0.4 is 14.9 Å². The summed E-state index contributed by atoms with van der Waals surface area (Å²) < 4.78 is 61.9. The molecule has 38 heavy (non-hydrogen) atoms. The van der Waals surface area contributed by atoms with Crippen molar-refractivity contribution in [1.29, 1.82) is 0 Å². The second-order valence-corrected chi connectivity index (χ2v) is 13.6. The SMILES string of the molecule is COC[C@@H]1CN(c2cc(S(=O)(=O)NC3(C)CC3)cc3c(-c4nnc(C(F)F)s4)nc(C)nc23)CC(C)(C)N1. The number of piperazine rings is 1. The number of aromatic nitrogens is 4. The molecule has 3 aromatic rings. The van der Waals surface area contributed by atoms with E-state index >= 15 is 0 Å². The second kappa shape index (κ2) is 9.66. The number of hydrogen-bond acceptors (Lipinski definition) is 10. The number of ether oxygens (including phenoxy) is 1. The first-order valence-electron chi connectivity index (χ1n) is 12.3. The minimum atomic E-state index is -3.90. The maximum absolute atomic E-state index is 13.5. The van der Waals surface area contributed by atoms with Crippen LogP contribution in [0.3, 0.4) is 0 Å². The molecule has 1 saturated heterocycles. The van der Waals surface area contributed by atoms with Gasteiger partial charge in [-0.2, -0.15) is 0 Å². The summed E-state index contributed by atoms with van der Waals surface area (Å²) >= 11 is 0.731. The molecule has 2 N–H and O–H groups in total. The van der Waals surface area contributed by atoms with Crippen LogP contribution >= 0.6 is 11.3 Å². The number of methoxy groups -OCH3 is 1. The first-order valence-corrected chi connectivity index (χ1v) is 14.6. The lowest BCUT2D eigenvalue weighted by atomic mass is 9.97. The molecular formula is C24H31F2N7O3S2. The Morgan fingerprint density at radius 2 is 1.97 bits per heavy atom. The van der Waals surface area contributed by atoms with E-state index in [0.29, 0.717) is 42.1 Å². The average Bonchev–Trinajstić information content (AvgIpc) is 3.32. The van der Waals surface area contributed by atoms with E-state index in [-0.39, 0.29) is 27.2 Å². The minimum absolute atomic E-state index is 0.0123. The van der Waals surface area contributed by atoms with Crippen molar-refractivity contribution in [3.8, 4) is 10.7 Å². The van der Waals surface area contributed by atoms with Gasteiger partial charge in [0.15, 0.2) is 10.0 Å². The van der Waals surface area contributed by atoms with Gasteiger partial charge in [0.25, 0.3) is 6.43 Å². The molecule has 3 heterocycles. The maximum atomic E-state index is 13.5. The summed E-state index contributed by atoms with van der Waals surface area (Å²) in [6.07, 6.45) is -1.26. The first kappa shape index (κ1) is 27.2. The van der Waals surface area contributed by atoms with Crippen molar-refractivity contribution in [2.75, 3.05) is 31.7 Å². The van der Waals surface area contributed by atoms with E-state index in [4.69, 9.17) is 9.72 Å². The van der Waals surface area contributed by atoms with Crippen LogP contribution in [0.15, 0.2) is 17.0 Å². The molecule has 1 aromatic carbocycles. The normalized spacial score (nSPS) is 20.8. The molecule has 1 aliphatic heterocycles. The number of halogens is 2. The van der Waals surface area contributed by atoms with E-state index in [9.17, 15) is 17.2 Å². The molecule has 2 aliphatic rings. The molecule has 0 radical (unpaired) electrons. The molecule has 2 aromatic heterocycles. The third kappa shape index (κ3) is 5.50. The summed E-state index contributed by atoms with van der Waals surface area (Å²) in [7, 11) is -2.27. The largest absolute Gasteiger partial charge is 0.383 e. The zero-order chi connectivity index (χ0) is 27.5. The van der Waals surface area contributed by atoms with Crippen molar-refractivity contribution in [3.63, 3.8) is 0 Å². The number of nitrogens with zero attached hydrogens (tertiary/aromatic N) is 5. The lowest BCUT2D eigenvalue weighted by Gasteiger charge is -2.45. The van der Waals surface area contributed by atoms with Crippen molar-refractivity contribution in [3.05, 3.63) is 23.0 Å². The van der Waals surface area contributed by atoms with Crippen LogP contribution in [-0.2, 0) is 14.8 Å². The first-order chi connectivity index (χ1) is 17.8. The smallest absolute Gasteiger partial charge is 0.291 e. The van der Waals surface area contributed by atoms with E-state index in [1.54, 1.807) is 20.1 Å². The van der Waals surface area contributed by atoms with E-state index < -0.39 is 27.0 Å². The van der Waals surface area contributed by atoms with Gasteiger partial charge in [-0.3, -0.25) is 0 Å². The Morgan fingerprint density at radius 1 is 1.24 bits per heavy atom. The summed E-state index contributed by atoms with van der Waals surface area (Å²) in [4.78, 5) is 11.3. The van der Waals surface area contributed by atoms with Crippen LogP contribution in [0.5, 0.6) is 0 Å². The number of fused-ring (bicyclic) bond motifs is 1. The van der Waals surface area contributed by atoms with Crippen LogP contribution in [0.1, 0.15) is 50.9 Å². The van der Waals surface area contributed by atoms with Crippen molar-refractivity contribution in [1.82, 2.24) is 30.2 Å². The quantitative estimate of drug-likeness (QED) is 0.422. The lowest BCUT2D eigenvalue weighted by molar-refractivity contribution is 0.140. The van der Waals surface area contributed by atoms with Crippen molar-refractivity contribution in [2.24, 2.45) is 0 Å². The van der Waals surface area contributed by atoms with Crippen molar-refractivity contribution in [2.45, 2.75) is 69.0 Å². The van der Waals surface area contributed by atoms with E-state index in [2.05, 4.69) is 44.0 Å². The predicted molar refractivity (Wildman–Crippen MR) is 141 cm³/mol. The van der Waals surface area contributed by atoms with Crippen molar-refractivity contribution < 1.29 is 21.9 Å². The Kier molecular flexibility index (Phi) is 6.91. The standard InChI is InChI=1S/C24H31F2N7O3S2/c1-13-27-18-16(19(28-13)21-30-31-22(37-21)20(25)26)8-15(38(34,35)32-24(4)6-7-24)9-17(18)33-10-14(11-36-5)29-23(2,3)12-33/h8-9,14,20,29,32H,6-7,10-12H2,1-5H3/t14-/m0/s1. The fourth-order valence-electron chi connectivity index (χ4n) is 4.88.